The zero-order valence-electron chi connectivity index (χ0n) is 12.5. The normalized spacial score (nSPS) is 10.8. The lowest BCUT2D eigenvalue weighted by Gasteiger charge is -2.09. The van der Waals surface area contributed by atoms with E-state index in [4.69, 9.17) is 32.7 Å². The number of rotatable bonds is 5. The zero-order valence-corrected chi connectivity index (χ0v) is 14.0. The molecule has 0 radical (unpaired) electrons. The molecule has 0 saturated heterocycles. The molecule has 0 saturated carbocycles. The van der Waals surface area contributed by atoms with E-state index in [0.717, 1.165) is 0 Å². The molecular formula is C17H14Cl2O4. The van der Waals surface area contributed by atoms with Gasteiger partial charge >= 0.3 is 0 Å². The maximum atomic E-state index is 12.2. The van der Waals surface area contributed by atoms with Crippen LogP contribution in [0, 0.1) is 0 Å². The van der Waals surface area contributed by atoms with Crippen LogP contribution in [0.5, 0.6) is 17.2 Å². The Balaban J connectivity index is 2.30. The second-order valence-corrected chi connectivity index (χ2v) is 5.44. The van der Waals surface area contributed by atoms with E-state index in [1.54, 1.807) is 30.3 Å². The fourth-order valence-corrected chi connectivity index (χ4v) is 2.46. The molecule has 2 aromatic rings. The number of carbonyl (C=O) groups is 1. The summed E-state index contributed by atoms with van der Waals surface area (Å²) in [7, 11) is 2.86. The lowest BCUT2D eigenvalue weighted by molar-refractivity contribution is 0.104. The van der Waals surface area contributed by atoms with E-state index in [-0.39, 0.29) is 28.1 Å². The first-order chi connectivity index (χ1) is 11.0. The molecule has 23 heavy (non-hydrogen) atoms. The van der Waals surface area contributed by atoms with Gasteiger partial charge in [0.25, 0.3) is 0 Å². The van der Waals surface area contributed by atoms with Crippen molar-refractivity contribution in [3.8, 4) is 17.2 Å². The lowest BCUT2D eigenvalue weighted by Crippen LogP contribution is -1.95. The zero-order chi connectivity index (χ0) is 17.0. The first-order valence-corrected chi connectivity index (χ1v) is 7.34. The Morgan fingerprint density at radius 1 is 1.09 bits per heavy atom. The number of phenolic OH excluding ortho intramolecular Hbond substituents is 1. The van der Waals surface area contributed by atoms with E-state index < -0.39 is 0 Å². The minimum absolute atomic E-state index is 0.0979. The molecule has 0 aliphatic carbocycles. The van der Waals surface area contributed by atoms with Gasteiger partial charge in [0.05, 0.1) is 19.2 Å². The van der Waals surface area contributed by atoms with E-state index in [0.29, 0.717) is 16.1 Å². The summed E-state index contributed by atoms with van der Waals surface area (Å²) in [5.74, 6) is 0.138. The Bertz CT molecular complexity index is 744. The van der Waals surface area contributed by atoms with Crippen molar-refractivity contribution >= 4 is 35.1 Å². The second kappa shape index (κ2) is 7.40. The summed E-state index contributed by atoms with van der Waals surface area (Å²) in [6.07, 6.45) is 2.96. The highest BCUT2D eigenvalue weighted by Gasteiger charge is 2.11. The van der Waals surface area contributed by atoms with Crippen molar-refractivity contribution in [3.63, 3.8) is 0 Å². The number of phenols is 1. The third kappa shape index (κ3) is 3.97. The maximum Gasteiger partial charge on any atom is 0.200 e. The molecule has 0 spiro atoms. The van der Waals surface area contributed by atoms with E-state index in [9.17, 15) is 9.90 Å². The number of hydrogen-bond acceptors (Lipinski definition) is 4. The molecular weight excluding hydrogens is 339 g/mol. The van der Waals surface area contributed by atoms with Gasteiger partial charge in [-0.05, 0) is 42.0 Å². The molecule has 120 valence electrons. The summed E-state index contributed by atoms with van der Waals surface area (Å²) >= 11 is 11.8. The smallest absolute Gasteiger partial charge is 0.200 e. The summed E-state index contributed by atoms with van der Waals surface area (Å²) in [6, 6.07) is 7.85. The Hall–Kier alpha value is -2.17. The molecule has 1 N–H and O–H groups in total. The minimum atomic E-state index is -0.266. The molecule has 0 bridgehead atoms. The van der Waals surface area contributed by atoms with Gasteiger partial charge in [0.15, 0.2) is 17.3 Å². The van der Waals surface area contributed by atoms with E-state index in [1.807, 2.05) is 0 Å². The van der Waals surface area contributed by atoms with Crippen molar-refractivity contribution in [2.75, 3.05) is 14.2 Å². The van der Waals surface area contributed by atoms with Crippen LogP contribution in [0.25, 0.3) is 6.08 Å². The molecule has 0 aromatic heterocycles. The van der Waals surface area contributed by atoms with Crippen molar-refractivity contribution in [1.82, 2.24) is 0 Å². The van der Waals surface area contributed by atoms with Gasteiger partial charge in [-0.25, -0.2) is 0 Å². The highest BCUT2D eigenvalue weighted by atomic mass is 35.5. The van der Waals surface area contributed by atoms with Crippen LogP contribution >= 0.6 is 23.2 Å². The average molecular weight is 353 g/mol. The van der Waals surface area contributed by atoms with Gasteiger partial charge < -0.3 is 14.6 Å². The van der Waals surface area contributed by atoms with Crippen molar-refractivity contribution in [3.05, 3.63) is 57.6 Å². The van der Waals surface area contributed by atoms with Gasteiger partial charge in [0.1, 0.15) is 0 Å². The highest BCUT2D eigenvalue weighted by Crippen LogP contribution is 2.37. The average Bonchev–Trinajstić information content (AvgIpc) is 2.53. The number of benzene rings is 2. The number of ketones is 1. The van der Waals surface area contributed by atoms with Gasteiger partial charge in [-0.15, -0.1) is 0 Å². The molecule has 4 nitrogen and oxygen atoms in total. The van der Waals surface area contributed by atoms with Crippen molar-refractivity contribution in [2.24, 2.45) is 0 Å². The number of ether oxygens (including phenoxy) is 2. The Morgan fingerprint density at radius 3 is 2.22 bits per heavy atom. The van der Waals surface area contributed by atoms with E-state index in [2.05, 4.69) is 0 Å². The monoisotopic (exact) mass is 352 g/mol. The molecule has 2 aromatic carbocycles. The SMILES string of the molecule is COc1cc(/C=C/C(=O)c2ccc(Cl)cc2Cl)cc(OC)c1O. The molecule has 0 fully saturated rings. The maximum absolute atomic E-state index is 12.2. The van der Waals surface area contributed by atoms with Crippen LogP contribution in [-0.4, -0.2) is 25.1 Å². The van der Waals surface area contributed by atoms with Crippen LogP contribution in [0.4, 0.5) is 0 Å². The van der Waals surface area contributed by atoms with Crippen LogP contribution in [-0.2, 0) is 0 Å². The number of halogens is 2. The fraction of sp³-hybridized carbons (Fsp3) is 0.118. The summed E-state index contributed by atoms with van der Waals surface area (Å²) in [6.45, 7) is 0. The van der Waals surface area contributed by atoms with Crippen LogP contribution in [0.3, 0.4) is 0 Å². The van der Waals surface area contributed by atoms with Crippen molar-refractivity contribution in [2.45, 2.75) is 0 Å². The Labute approximate surface area is 143 Å². The number of hydrogen-bond donors (Lipinski definition) is 1. The van der Waals surface area contributed by atoms with Crippen molar-refractivity contribution in [1.29, 1.82) is 0 Å². The molecule has 0 aliphatic heterocycles. The van der Waals surface area contributed by atoms with Crippen LogP contribution in [0.15, 0.2) is 36.4 Å². The number of carbonyl (C=O) groups excluding carboxylic acids is 1. The van der Waals surface area contributed by atoms with Crippen LogP contribution in [0.1, 0.15) is 15.9 Å². The predicted molar refractivity (Wildman–Crippen MR) is 91.0 cm³/mol. The summed E-state index contributed by atoms with van der Waals surface area (Å²) in [5.41, 5.74) is 0.986. The van der Waals surface area contributed by atoms with Crippen LogP contribution < -0.4 is 9.47 Å². The lowest BCUT2D eigenvalue weighted by atomic mass is 10.1. The van der Waals surface area contributed by atoms with Gasteiger partial charge in [-0.1, -0.05) is 29.3 Å². The van der Waals surface area contributed by atoms with E-state index in [1.165, 1.54) is 26.4 Å². The second-order valence-electron chi connectivity index (χ2n) is 4.60. The largest absolute Gasteiger partial charge is 0.502 e. The third-order valence-corrected chi connectivity index (χ3v) is 3.67. The van der Waals surface area contributed by atoms with Gasteiger partial charge in [-0.2, -0.15) is 0 Å². The standard InChI is InChI=1S/C17H14Cl2O4/c1-22-15-7-10(8-16(23-2)17(15)21)3-6-14(20)12-5-4-11(18)9-13(12)19/h3-9,21H,1-2H3/b6-3+. The van der Waals surface area contributed by atoms with Gasteiger partial charge in [0.2, 0.25) is 5.75 Å². The minimum Gasteiger partial charge on any atom is -0.502 e. The van der Waals surface area contributed by atoms with Crippen LogP contribution in [0.2, 0.25) is 10.0 Å². The molecule has 0 heterocycles. The number of aromatic hydroxyl groups is 1. The molecule has 0 unspecified atom stereocenters. The third-order valence-electron chi connectivity index (χ3n) is 3.13. The van der Waals surface area contributed by atoms with Gasteiger partial charge in [-0.3, -0.25) is 4.79 Å². The molecule has 0 aliphatic rings. The summed E-state index contributed by atoms with van der Waals surface area (Å²) in [4.78, 5) is 12.2. The first kappa shape index (κ1) is 17.2. The quantitative estimate of drug-likeness (QED) is 0.630. The number of allylic oxidation sites excluding steroid dienone is 1. The molecule has 6 heteroatoms. The molecule has 0 atom stereocenters. The predicted octanol–water partition coefficient (Wildman–Crippen LogP) is 4.61. The Kier molecular flexibility index (Phi) is 5.53. The highest BCUT2D eigenvalue weighted by molar-refractivity contribution is 6.37. The first-order valence-electron chi connectivity index (χ1n) is 6.58. The fourth-order valence-electron chi connectivity index (χ4n) is 1.96. The van der Waals surface area contributed by atoms with Gasteiger partial charge in [0, 0.05) is 10.6 Å². The topological polar surface area (TPSA) is 55.8 Å². The summed E-state index contributed by atoms with van der Waals surface area (Å²) < 4.78 is 10.1. The molecule has 2 rings (SSSR count). The van der Waals surface area contributed by atoms with E-state index >= 15 is 0 Å². The Morgan fingerprint density at radius 2 is 1.70 bits per heavy atom. The molecule has 0 amide bonds. The van der Waals surface area contributed by atoms with Crippen molar-refractivity contribution < 1.29 is 19.4 Å². The summed E-state index contributed by atoms with van der Waals surface area (Å²) in [5, 5.41) is 10.6. The number of methoxy groups -OCH3 is 2.